The van der Waals surface area contributed by atoms with Gasteiger partial charge in [-0.25, -0.2) is 0 Å². The number of hydrogen-bond acceptors (Lipinski definition) is 4. The van der Waals surface area contributed by atoms with Gasteiger partial charge in [-0.15, -0.1) is 12.3 Å². The minimum absolute atomic E-state index is 0.167. The molecule has 3 aromatic carbocycles. The predicted octanol–water partition coefficient (Wildman–Crippen LogP) is 4.37. The normalized spacial score (nSPS) is 23.0. The molecular formula is C28H28O4. The zero-order chi connectivity index (χ0) is 22.4. The Morgan fingerprint density at radius 3 is 1.75 bits per heavy atom. The maximum Gasteiger partial charge on any atom is 0.164 e. The second kappa shape index (κ2) is 10.1. The first-order valence-electron chi connectivity index (χ1n) is 10.8. The SMILES string of the molecule is C#CC[C@@H]1[C@@H](OC)O[C@H](COC(c2ccccc2)(c2ccccc2)c2ccccc2)[C@H]1O. The Balaban J connectivity index is 1.75. The van der Waals surface area contributed by atoms with Gasteiger partial charge in [-0.1, -0.05) is 91.0 Å². The van der Waals surface area contributed by atoms with Gasteiger partial charge in [0.25, 0.3) is 0 Å². The van der Waals surface area contributed by atoms with Crippen molar-refractivity contribution in [1.29, 1.82) is 0 Å². The van der Waals surface area contributed by atoms with Crippen LogP contribution in [-0.4, -0.2) is 37.3 Å². The second-order valence-electron chi connectivity index (χ2n) is 7.93. The van der Waals surface area contributed by atoms with E-state index in [1.807, 2.05) is 54.6 Å². The number of methoxy groups -OCH3 is 1. The van der Waals surface area contributed by atoms with Gasteiger partial charge in [0.1, 0.15) is 11.7 Å². The Bertz CT molecular complexity index is 917. The van der Waals surface area contributed by atoms with Crippen LogP contribution in [0.4, 0.5) is 0 Å². The van der Waals surface area contributed by atoms with Crippen molar-refractivity contribution >= 4 is 0 Å². The molecule has 0 aliphatic carbocycles. The zero-order valence-electron chi connectivity index (χ0n) is 18.1. The van der Waals surface area contributed by atoms with Gasteiger partial charge in [-0.3, -0.25) is 0 Å². The highest BCUT2D eigenvalue weighted by molar-refractivity contribution is 5.47. The van der Waals surface area contributed by atoms with E-state index in [4.69, 9.17) is 20.6 Å². The van der Waals surface area contributed by atoms with Crippen LogP contribution in [0.3, 0.4) is 0 Å². The van der Waals surface area contributed by atoms with E-state index in [0.717, 1.165) is 16.7 Å². The Morgan fingerprint density at radius 1 is 0.875 bits per heavy atom. The smallest absolute Gasteiger partial charge is 0.164 e. The van der Waals surface area contributed by atoms with Crippen LogP contribution in [0.1, 0.15) is 23.1 Å². The third-order valence-corrected chi connectivity index (χ3v) is 6.07. The molecule has 0 unspecified atom stereocenters. The van der Waals surface area contributed by atoms with E-state index in [2.05, 4.69) is 42.3 Å². The first-order valence-corrected chi connectivity index (χ1v) is 10.8. The van der Waals surface area contributed by atoms with Crippen LogP contribution < -0.4 is 0 Å². The first-order chi connectivity index (χ1) is 15.7. The molecule has 1 fully saturated rings. The standard InChI is InChI=1S/C28H28O4/c1-3-13-24-26(29)25(32-27(24)30-2)20-31-28(21-14-7-4-8-15-21,22-16-9-5-10-17-22)23-18-11-6-12-19-23/h1,4-12,14-19,24-27,29H,13,20H2,2H3/t24-,25+,26-,27-/m0/s1. The van der Waals surface area contributed by atoms with E-state index < -0.39 is 24.1 Å². The quantitative estimate of drug-likeness (QED) is 0.428. The van der Waals surface area contributed by atoms with E-state index in [0.29, 0.717) is 6.42 Å². The number of aliphatic hydroxyl groups excluding tert-OH is 1. The van der Waals surface area contributed by atoms with Crippen LogP contribution in [0, 0.1) is 18.3 Å². The maximum absolute atomic E-state index is 10.9. The minimum Gasteiger partial charge on any atom is -0.390 e. The zero-order valence-corrected chi connectivity index (χ0v) is 18.1. The van der Waals surface area contributed by atoms with Crippen LogP contribution in [0.5, 0.6) is 0 Å². The fourth-order valence-corrected chi connectivity index (χ4v) is 4.49. The lowest BCUT2D eigenvalue weighted by atomic mass is 9.80. The molecule has 0 spiro atoms. The molecule has 0 bridgehead atoms. The van der Waals surface area contributed by atoms with Gasteiger partial charge in [-0.2, -0.15) is 0 Å². The molecule has 32 heavy (non-hydrogen) atoms. The van der Waals surface area contributed by atoms with E-state index in [1.165, 1.54) is 0 Å². The third-order valence-electron chi connectivity index (χ3n) is 6.07. The summed E-state index contributed by atoms with van der Waals surface area (Å²) in [4.78, 5) is 0. The van der Waals surface area contributed by atoms with Crippen molar-refractivity contribution in [2.45, 2.75) is 30.5 Å². The molecule has 0 saturated carbocycles. The van der Waals surface area contributed by atoms with Crippen molar-refractivity contribution in [3.05, 3.63) is 108 Å². The van der Waals surface area contributed by atoms with Gasteiger partial charge in [0.2, 0.25) is 0 Å². The average molecular weight is 429 g/mol. The molecule has 0 radical (unpaired) electrons. The van der Waals surface area contributed by atoms with E-state index in [1.54, 1.807) is 7.11 Å². The average Bonchev–Trinajstić information content (AvgIpc) is 3.16. The van der Waals surface area contributed by atoms with Crippen LogP contribution in [0.2, 0.25) is 0 Å². The number of hydrogen-bond donors (Lipinski definition) is 1. The molecule has 1 heterocycles. The number of ether oxygens (including phenoxy) is 3. The van der Waals surface area contributed by atoms with Crippen molar-refractivity contribution in [1.82, 2.24) is 0 Å². The van der Waals surface area contributed by atoms with Crippen molar-refractivity contribution < 1.29 is 19.3 Å². The van der Waals surface area contributed by atoms with Gasteiger partial charge in [0, 0.05) is 19.4 Å². The lowest BCUT2D eigenvalue weighted by molar-refractivity contribution is -0.152. The molecule has 1 aliphatic rings. The van der Waals surface area contributed by atoms with Crippen LogP contribution >= 0.6 is 0 Å². The summed E-state index contributed by atoms with van der Waals surface area (Å²) in [6.07, 6.45) is 3.97. The third kappa shape index (κ3) is 4.21. The minimum atomic E-state index is -0.875. The van der Waals surface area contributed by atoms with Crippen molar-refractivity contribution in [3.8, 4) is 12.3 Å². The van der Waals surface area contributed by atoms with Gasteiger partial charge in [0.05, 0.1) is 12.7 Å². The molecule has 1 aliphatic heterocycles. The molecule has 164 valence electrons. The van der Waals surface area contributed by atoms with Crippen LogP contribution in [-0.2, 0) is 19.8 Å². The molecule has 0 aromatic heterocycles. The molecule has 4 rings (SSSR count). The monoisotopic (exact) mass is 428 g/mol. The summed E-state index contributed by atoms with van der Waals surface area (Å²) in [5.41, 5.74) is 2.11. The largest absolute Gasteiger partial charge is 0.390 e. The van der Waals surface area contributed by atoms with Crippen molar-refractivity contribution in [2.75, 3.05) is 13.7 Å². The second-order valence-corrected chi connectivity index (χ2v) is 7.93. The lowest BCUT2D eigenvalue weighted by Gasteiger charge is -2.37. The molecule has 4 atom stereocenters. The van der Waals surface area contributed by atoms with E-state index in [9.17, 15) is 5.11 Å². The van der Waals surface area contributed by atoms with Crippen molar-refractivity contribution in [2.24, 2.45) is 5.92 Å². The Kier molecular flexibility index (Phi) is 7.04. The summed E-state index contributed by atoms with van der Waals surface area (Å²) in [6.45, 7) is 0.167. The fourth-order valence-electron chi connectivity index (χ4n) is 4.49. The first kappa shape index (κ1) is 22.3. The summed E-state index contributed by atoms with van der Waals surface area (Å²) in [7, 11) is 1.56. The van der Waals surface area contributed by atoms with Crippen LogP contribution in [0.15, 0.2) is 91.0 Å². The molecule has 4 nitrogen and oxygen atoms in total. The predicted molar refractivity (Wildman–Crippen MR) is 124 cm³/mol. The van der Waals surface area contributed by atoms with E-state index >= 15 is 0 Å². The highest BCUT2D eigenvalue weighted by Crippen LogP contribution is 2.41. The molecule has 1 saturated heterocycles. The highest BCUT2D eigenvalue weighted by Gasteiger charge is 2.46. The van der Waals surface area contributed by atoms with Crippen LogP contribution in [0.25, 0.3) is 0 Å². The number of aliphatic hydroxyl groups is 1. The van der Waals surface area contributed by atoms with Gasteiger partial charge >= 0.3 is 0 Å². The van der Waals surface area contributed by atoms with Gasteiger partial charge in [0.15, 0.2) is 6.29 Å². The fraction of sp³-hybridized carbons (Fsp3) is 0.286. The summed E-state index contributed by atoms with van der Waals surface area (Å²) in [6, 6.07) is 30.4. The summed E-state index contributed by atoms with van der Waals surface area (Å²) in [5.74, 6) is 2.32. The summed E-state index contributed by atoms with van der Waals surface area (Å²) < 4.78 is 18.2. The highest BCUT2D eigenvalue weighted by atomic mass is 16.7. The van der Waals surface area contributed by atoms with Crippen molar-refractivity contribution in [3.63, 3.8) is 0 Å². The molecular weight excluding hydrogens is 400 g/mol. The number of rotatable bonds is 8. The lowest BCUT2D eigenvalue weighted by Crippen LogP contribution is -2.38. The maximum atomic E-state index is 10.9. The molecule has 4 heteroatoms. The topological polar surface area (TPSA) is 47.9 Å². The van der Waals surface area contributed by atoms with Gasteiger partial charge in [-0.05, 0) is 16.7 Å². The summed E-state index contributed by atoms with van der Waals surface area (Å²) >= 11 is 0. The van der Waals surface area contributed by atoms with Gasteiger partial charge < -0.3 is 19.3 Å². The number of benzene rings is 3. The Morgan fingerprint density at radius 2 is 1.34 bits per heavy atom. The molecule has 1 N–H and O–H groups in total. The molecule has 3 aromatic rings. The summed E-state index contributed by atoms with van der Waals surface area (Å²) in [5, 5.41) is 10.9. The molecule has 0 amide bonds. The number of terminal acetylenes is 1. The Labute approximate surface area is 189 Å². The Hall–Kier alpha value is -2.94. The van der Waals surface area contributed by atoms with E-state index in [-0.39, 0.29) is 12.5 Å².